The third-order valence-electron chi connectivity index (χ3n) is 0.786. The zero-order valence-corrected chi connectivity index (χ0v) is 7.34. The summed E-state index contributed by atoms with van der Waals surface area (Å²) in [5.74, 6) is 0. The lowest BCUT2D eigenvalue weighted by molar-refractivity contribution is -0.0843. The second-order valence-corrected chi connectivity index (χ2v) is 2.51. The fraction of sp³-hybridized carbons (Fsp3) is 0.800. The van der Waals surface area contributed by atoms with Gasteiger partial charge in [0, 0.05) is 6.54 Å². The van der Waals surface area contributed by atoms with E-state index < -0.39 is 0 Å². The molecule has 0 rings (SSSR count). The molecule has 2 nitrogen and oxygen atoms in total. The number of hydrogen-bond donors (Lipinski definition) is 1. The van der Waals surface area contributed by atoms with Gasteiger partial charge in [0.2, 0.25) is 0 Å². The zero-order valence-electron chi connectivity index (χ0n) is 5.63. The predicted octanol–water partition coefficient (Wildman–Crippen LogP) is 1.47. The van der Waals surface area contributed by atoms with E-state index in [0.29, 0.717) is 10.9 Å². The van der Waals surface area contributed by atoms with Crippen molar-refractivity contribution in [2.45, 2.75) is 13.8 Å². The maximum atomic E-state index is 5.07. The van der Waals surface area contributed by atoms with E-state index >= 15 is 0 Å². The molecule has 0 unspecified atom stereocenters. The van der Waals surface area contributed by atoms with Gasteiger partial charge in [-0.15, -0.1) is 12.6 Å². The van der Waals surface area contributed by atoms with Gasteiger partial charge in [0.15, 0.2) is 4.32 Å². The van der Waals surface area contributed by atoms with Crippen LogP contribution in [0.5, 0.6) is 0 Å². The van der Waals surface area contributed by atoms with Crippen LogP contribution >= 0.6 is 24.8 Å². The van der Waals surface area contributed by atoms with E-state index in [0.717, 1.165) is 6.54 Å². The molecule has 0 aliphatic carbocycles. The summed E-state index contributed by atoms with van der Waals surface area (Å²) in [6.45, 7) is 5.25. The molecular weight excluding hydrogens is 154 g/mol. The number of hydroxylamine groups is 2. The van der Waals surface area contributed by atoms with E-state index in [9.17, 15) is 0 Å². The molecule has 0 fully saturated rings. The second-order valence-electron chi connectivity index (χ2n) is 1.40. The summed E-state index contributed by atoms with van der Waals surface area (Å²) in [6.07, 6.45) is 0. The molecule has 0 aromatic rings. The molecule has 0 saturated carbocycles. The molecule has 0 heterocycles. The molecule has 0 aliphatic heterocycles. The Kier molecular flexibility index (Phi) is 5.13. The van der Waals surface area contributed by atoms with E-state index in [4.69, 9.17) is 17.1 Å². The monoisotopic (exact) mass is 165 g/mol. The minimum atomic E-state index is 0.486. The lowest BCUT2D eigenvalue weighted by atomic mass is 10.7. The lowest BCUT2D eigenvalue weighted by Gasteiger charge is -2.17. The third kappa shape index (κ3) is 3.72. The lowest BCUT2D eigenvalue weighted by Crippen LogP contribution is -2.25. The molecule has 0 saturated heterocycles. The van der Waals surface area contributed by atoms with Gasteiger partial charge in [-0.3, -0.25) is 4.84 Å². The summed E-state index contributed by atoms with van der Waals surface area (Å²) < 4.78 is 0.486. The summed E-state index contributed by atoms with van der Waals surface area (Å²) in [7, 11) is 0. The number of thiocarbonyl (C=S) groups is 1. The average Bonchev–Trinajstić information content (AvgIpc) is 1.82. The Bertz CT molecular complexity index is 97.0. The zero-order chi connectivity index (χ0) is 7.28. The summed E-state index contributed by atoms with van der Waals surface area (Å²) in [6, 6.07) is 0. The van der Waals surface area contributed by atoms with Crippen LogP contribution in [0.2, 0.25) is 0 Å². The van der Waals surface area contributed by atoms with E-state index in [1.807, 2.05) is 13.8 Å². The van der Waals surface area contributed by atoms with Gasteiger partial charge >= 0.3 is 0 Å². The Morgan fingerprint density at radius 2 is 2.22 bits per heavy atom. The van der Waals surface area contributed by atoms with Crippen molar-refractivity contribution in [3.63, 3.8) is 0 Å². The molecule has 0 aromatic heterocycles. The van der Waals surface area contributed by atoms with Crippen LogP contribution in [0.3, 0.4) is 0 Å². The molecule has 0 bridgehead atoms. The number of nitrogens with zero attached hydrogens (tertiary/aromatic N) is 1. The van der Waals surface area contributed by atoms with Crippen LogP contribution in [0.25, 0.3) is 0 Å². The van der Waals surface area contributed by atoms with Crippen LogP contribution in [-0.2, 0) is 4.84 Å². The van der Waals surface area contributed by atoms with E-state index in [2.05, 4.69) is 12.6 Å². The first-order valence-corrected chi connectivity index (χ1v) is 3.71. The molecule has 54 valence electrons. The van der Waals surface area contributed by atoms with Crippen molar-refractivity contribution in [2.24, 2.45) is 0 Å². The van der Waals surface area contributed by atoms with Gasteiger partial charge in [0.25, 0.3) is 0 Å². The highest BCUT2D eigenvalue weighted by Crippen LogP contribution is 1.96. The van der Waals surface area contributed by atoms with E-state index in [-0.39, 0.29) is 0 Å². The van der Waals surface area contributed by atoms with Crippen LogP contribution in [0.1, 0.15) is 13.8 Å². The third-order valence-corrected chi connectivity index (χ3v) is 1.21. The molecule has 0 spiro atoms. The van der Waals surface area contributed by atoms with Crippen molar-refractivity contribution in [2.75, 3.05) is 13.2 Å². The maximum Gasteiger partial charge on any atom is 0.157 e. The SMILES string of the molecule is CCON(CC)C(=S)S. The van der Waals surface area contributed by atoms with Crippen molar-refractivity contribution < 1.29 is 4.84 Å². The van der Waals surface area contributed by atoms with E-state index in [1.54, 1.807) is 5.06 Å². The van der Waals surface area contributed by atoms with Crippen molar-refractivity contribution >= 4 is 29.2 Å². The summed E-state index contributed by atoms with van der Waals surface area (Å²) >= 11 is 8.69. The van der Waals surface area contributed by atoms with Crippen molar-refractivity contribution in [1.29, 1.82) is 0 Å². The van der Waals surface area contributed by atoms with Crippen molar-refractivity contribution in [3.8, 4) is 0 Å². The summed E-state index contributed by atoms with van der Waals surface area (Å²) in [4.78, 5) is 5.07. The summed E-state index contributed by atoms with van der Waals surface area (Å²) in [5.41, 5.74) is 0. The van der Waals surface area contributed by atoms with Gasteiger partial charge in [-0.1, -0.05) is 12.2 Å². The van der Waals surface area contributed by atoms with Gasteiger partial charge in [-0.05, 0) is 13.8 Å². The molecule has 0 N–H and O–H groups in total. The van der Waals surface area contributed by atoms with Gasteiger partial charge in [0.1, 0.15) is 0 Å². The maximum absolute atomic E-state index is 5.07. The minimum absolute atomic E-state index is 0.486. The smallest absolute Gasteiger partial charge is 0.157 e. The fourth-order valence-corrected chi connectivity index (χ4v) is 0.819. The molecule has 0 aliphatic rings. The highest BCUT2D eigenvalue weighted by atomic mass is 32.1. The number of rotatable bonds is 3. The first-order chi connectivity index (χ1) is 4.22. The molecule has 0 aromatic carbocycles. The molecule has 9 heavy (non-hydrogen) atoms. The van der Waals surface area contributed by atoms with Gasteiger partial charge < -0.3 is 0 Å². The Balaban J connectivity index is 3.54. The van der Waals surface area contributed by atoms with Gasteiger partial charge in [0.05, 0.1) is 6.61 Å². The Hall–Kier alpha value is 0.200. The summed E-state index contributed by atoms with van der Waals surface area (Å²) in [5, 5.41) is 1.57. The minimum Gasteiger partial charge on any atom is -0.272 e. The highest BCUT2D eigenvalue weighted by molar-refractivity contribution is 8.10. The first kappa shape index (κ1) is 9.20. The van der Waals surface area contributed by atoms with Crippen LogP contribution in [0.4, 0.5) is 0 Å². The van der Waals surface area contributed by atoms with E-state index in [1.165, 1.54) is 0 Å². The highest BCUT2D eigenvalue weighted by Gasteiger charge is 1.99. The molecule has 0 amide bonds. The second kappa shape index (κ2) is 5.02. The Morgan fingerprint density at radius 1 is 1.67 bits per heavy atom. The fourth-order valence-electron chi connectivity index (χ4n) is 0.438. The molecule has 0 atom stereocenters. The normalized spacial score (nSPS) is 9.22. The van der Waals surface area contributed by atoms with Crippen molar-refractivity contribution in [1.82, 2.24) is 5.06 Å². The largest absolute Gasteiger partial charge is 0.272 e. The van der Waals surface area contributed by atoms with Crippen LogP contribution in [0, 0.1) is 0 Å². The topological polar surface area (TPSA) is 12.5 Å². The Labute approximate surface area is 66.5 Å². The Morgan fingerprint density at radius 3 is 2.33 bits per heavy atom. The van der Waals surface area contributed by atoms with Gasteiger partial charge in [-0.25, -0.2) is 5.06 Å². The number of hydrogen-bond acceptors (Lipinski definition) is 2. The van der Waals surface area contributed by atoms with Crippen LogP contribution in [0.15, 0.2) is 0 Å². The van der Waals surface area contributed by atoms with Crippen LogP contribution in [-0.4, -0.2) is 22.5 Å². The molecule has 0 radical (unpaired) electrons. The average molecular weight is 165 g/mol. The predicted molar refractivity (Wildman–Crippen MR) is 45.6 cm³/mol. The van der Waals surface area contributed by atoms with Crippen LogP contribution < -0.4 is 0 Å². The quantitative estimate of drug-likeness (QED) is 0.386. The molecular formula is C5H11NOS2. The first-order valence-electron chi connectivity index (χ1n) is 2.85. The van der Waals surface area contributed by atoms with Crippen molar-refractivity contribution in [3.05, 3.63) is 0 Å². The van der Waals surface area contributed by atoms with Gasteiger partial charge in [-0.2, -0.15) is 0 Å². The number of thiol groups is 1. The molecule has 4 heteroatoms. The standard InChI is InChI=1S/C5H11NOS2/c1-3-6(5(8)9)7-4-2/h3-4H2,1-2H3,(H,8,9).